The van der Waals surface area contributed by atoms with Crippen molar-refractivity contribution in [3.05, 3.63) is 22.4 Å². The topological polar surface area (TPSA) is 37.3 Å². The number of carbonyl (C=O) groups is 1. The number of aromatic carboxylic acids is 1. The highest BCUT2D eigenvalue weighted by Gasteiger charge is 1.99. The molecule has 0 saturated heterocycles. The van der Waals surface area contributed by atoms with Crippen molar-refractivity contribution in [2.75, 3.05) is 0 Å². The highest BCUT2D eigenvalue weighted by Crippen LogP contribution is 2.06. The highest BCUT2D eigenvalue weighted by molar-refractivity contribution is 7.11. The van der Waals surface area contributed by atoms with Gasteiger partial charge in [-0.1, -0.05) is 6.07 Å². The number of carboxylic acid groups (broad SMARTS) is 1. The van der Waals surface area contributed by atoms with Gasteiger partial charge in [0.25, 0.3) is 0 Å². The van der Waals surface area contributed by atoms with E-state index in [1.807, 2.05) is 0 Å². The van der Waals surface area contributed by atoms with Gasteiger partial charge in [0.2, 0.25) is 0 Å². The van der Waals surface area contributed by atoms with Crippen molar-refractivity contribution in [3.63, 3.8) is 0 Å². The molecule has 1 N–H and O–H groups in total. The predicted molar refractivity (Wildman–Crippen MR) is 42.4 cm³/mol. The second-order valence-corrected chi connectivity index (χ2v) is 2.23. The predicted octanol–water partition coefficient (Wildman–Crippen LogP) is 1.50. The molecule has 1 heterocycles. The van der Waals surface area contributed by atoms with Crippen LogP contribution in [-0.4, -0.2) is 11.1 Å². The van der Waals surface area contributed by atoms with Crippen LogP contribution in [0.25, 0.3) is 0 Å². The lowest BCUT2D eigenvalue weighted by atomic mass is 10.5. The van der Waals surface area contributed by atoms with Gasteiger partial charge in [-0.2, -0.15) is 9.90 Å². The van der Waals surface area contributed by atoms with E-state index >= 15 is 0 Å². The number of hydrogen-bond acceptors (Lipinski definition) is 2. The molecule has 1 aromatic rings. The molecule has 0 bridgehead atoms. The molecule has 0 fully saturated rings. The second kappa shape index (κ2) is 3.59. The molecule has 1 aromatic heterocycles. The summed E-state index contributed by atoms with van der Waals surface area (Å²) in [5.74, 6) is -0.847. The van der Waals surface area contributed by atoms with Gasteiger partial charge >= 0.3 is 5.97 Å². The maximum absolute atomic E-state index is 10.1. The van der Waals surface area contributed by atoms with Gasteiger partial charge in [-0.05, 0) is 11.4 Å². The summed E-state index contributed by atoms with van der Waals surface area (Å²) in [6, 6.07) is 3.29. The van der Waals surface area contributed by atoms with Gasteiger partial charge < -0.3 is 5.11 Å². The lowest BCUT2D eigenvalue weighted by Gasteiger charge is -1.78. The molecule has 0 saturated carbocycles. The summed E-state index contributed by atoms with van der Waals surface area (Å²) in [4.78, 5) is 10.5. The Labute approximate surface area is 60.1 Å². The minimum atomic E-state index is -0.847. The largest absolute Gasteiger partial charge is 0.477 e. The van der Waals surface area contributed by atoms with Gasteiger partial charge in [0.15, 0.2) is 0 Å². The third kappa shape index (κ3) is 2.12. The molecule has 1 unspecified atom stereocenters. The first-order valence-corrected chi connectivity index (χ1v) is 2.95. The van der Waals surface area contributed by atoms with Crippen LogP contribution >= 0.6 is 21.2 Å². The van der Waals surface area contributed by atoms with E-state index in [4.69, 9.17) is 5.11 Å². The fraction of sp³-hybridized carbons (Fsp3) is 0. The third-order valence-corrected chi connectivity index (χ3v) is 1.59. The van der Waals surface area contributed by atoms with Crippen molar-refractivity contribution in [3.8, 4) is 0 Å². The number of hydrogen-bond donors (Lipinski definition) is 1. The van der Waals surface area contributed by atoms with Crippen LogP contribution < -0.4 is 0 Å². The fourth-order valence-electron chi connectivity index (χ4n) is 0.400. The van der Waals surface area contributed by atoms with Crippen molar-refractivity contribution < 1.29 is 9.90 Å². The minimum Gasteiger partial charge on any atom is -0.477 e. The van der Waals surface area contributed by atoms with Crippen molar-refractivity contribution in [1.29, 1.82) is 0 Å². The zero-order chi connectivity index (χ0) is 5.98. The fourth-order valence-corrected chi connectivity index (χ4v) is 0.962. The van der Waals surface area contributed by atoms with Crippen molar-refractivity contribution in [1.82, 2.24) is 0 Å². The van der Waals surface area contributed by atoms with Crippen molar-refractivity contribution >= 4 is 27.2 Å². The Balaban J connectivity index is 0.000000640. The van der Waals surface area contributed by atoms with E-state index in [-0.39, 0.29) is 9.90 Å². The van der Waals surface area contributed by atoms with Crippen LogP contribution in [0.5, 0.6) is 0 Å². The van der Waals surface area contributed by atoms with E-state index in [0.29, 0.717) is 4.88 Å². The Kier molecular flexibility index (Phi) is 3.43. The molecular weight excluding hydrogens is 155 g/mol. The van der Waals surface area contributed by atoms with Crippen LogP contribution in [-0.2, 0) is 0 Å². The minimum absolute atomic E-state index is 0. The lowest BCUT2D eigenvalue weighted by Crippen LogP contribution is -1.89. The molecule has 0 aliphatic heterocycles. The third-order valence-electron chi connectivity index (χ3n) is 0.732. The highest BCUT2D eigenvalue weighted by atomic mass is 32.1. The molecule has 1 rings (SSSR count). The molecule has 1 atom stereocenters. The quantitative estimate of drug-likeness (QED) is 0.635. The average Bonchev–Trinajstić information content (AvgIpc) is 2.12. The molecule has 50 valence electrons. The Morgan fingerprint density at radius 2 is 2.33 bits per heavy atom. The molecule has 0 radical (unpaired) electrons. The molecule has 0 amide bonds. The van der Waals surface area contributed by atoms with Crippen molar-refractivity contribution in [2.24, 2.45) is 0 Å². The van der Waals surface area contributed by atoms with Gasteiger partial charge in [-0.25, -0.2) is 4.79 Å². The average molecular weight is 162 g/mol. The zero-order valence-corrected chi connectivity index (χ0v) is 6.93. The van der Waals surface area contributed by atoms with Crippen LogP contribution in [0, 0.1) is 0 Å². The molecular formula is C5H7O2PS. The number of rotatable bonds is 1. The molecule has 0 aromatic carbocycles. The SMILES string of the molecule is O=C(O)c1cccs1.P. The van der Waals surface area contributed by atoms with E-state index in [0.717, 1.165) is 0 Å². The van der Waals surface area contributed by atoms with Gasteiger partial charge in [0, 0.05) is 0 Å². The summed E-state index contributed by atoms with van der Waals surface area (Å²) < 4.78 is 0. The van der Waals surface area contributed by atoms with Crippen LogP contribution in [0.3, 0.4) is 0 Å². The Hall–Kier alpha value is -0.400. The standard InChI is InChI=1S/C5H4O2S.H3P/c6-5(7)4-2-1-3-8-4;/h1-3H,(H,6,7);1H3. The van der Waals surface area contributed by atoms with Crippen LogP contribution in [0.15, 0.2) is 17.5 Å². The molecule has 0 aliphatic rings. The molecule has 0 aliphatic carbocycles. The van der Waals surface area contributed by atoms with E-state index in [1.54, 1.807) is 17.5 Å². The normalized spacial score (nSPS) is 8.00. The zero-order valence-electron chi connectivity index (χ0n) is 4.70. The summed E-state index contributed by atoms with van der Waals surface area (Å²) in [7, 11) is 0. The van der Waals surface area contributed by atoms with E-state index < -0.39 is 5.97 Å². The Morgan fingerprint density at radius 3 is 2.56 bits per heavy atom. The molecule has 0 spiro atoms. The first kappa shape index (κ1) is 8.60. The maximum Gasteiger partial charge on any atom is 0.345 e. The summed E-state index contributed by atoms with van der Waals surface area (Å²) in [6.45, 7) is 0. The monoisotopic (exact) mass is 162 g/mol. The summed E-state index contributed by atoms with van der Waals surface area (Å²) in [5, 5.41) is 10.0. The summed E-state index contributed by atoms with van der Waals surface area (Å²) in [5.41, 5.74) is 0. The van der Waals surface area contributed by atoms with Gasteiger partial charge in [-0.15, -0.1) is 11.3 Å². The first-order chi connectivity index (χ1) is 3.80. The lowest BCUT2D eigenvalue weighted by molar-refractivity contribution is 0.0702. The van der Waals surface area contributed by atoms with Crippen LogP contribution in [0.4, 0.5) is 0 Å². The number of thiophene rings is 1. The van der Waals surface area contributed by atoms with Crippen molar-refractivity contribution in [2.45, 2.75) is 0 Å². The Morgan fingerprint density at radius 1 is 1.67 bits per heavy atom. The summed E-state index contributed by atoms with van der Waals surface area (Å²) >= 11 is 1.23. The molecule has 2 nitrogen and oxygen atoms in total. The van der Waals surface area contributed by atoms with Gasteiger partial charge in [0.1, 0.15) is 4.88 Å². The van der Waals surface area contributed by atoms with Crippen LogP contribution in [0.2, 0.25) is 0 Å². The maximum atomic E-state index is 10.1. The smallest absolute Gasteiger partial charge is 0.345 e. The van der Waals surface area contributed by atoms with E-state index in [9.17, 15) is 4.79 Å². The van der Waals surface area contributed by atoms with E-state index in [2.05, 4.69) is 0 Å². The van der Waals surface area contributed by atoms with Gasteiger partial charge in [0.05, 0.1) is 0 Å². The molecule has 4 heteroatoms. The Bertz CT molecular complexity index is 183. The number of carboxylic acids is 1. The molecule has 9 heavy (non-hydrogen) atoms. The second-order valence-electron chi connectivity index (χ2n) is 1.28. The summed E-state index contributed by atoms with van der Waals surface area (Å²) in [6.07, 6.45) is 0. The van der Waals surface area contributed by atoms with E-state index in [1.165, 1.54) is 11.3 Å². The van der Waals surface area contributed by atoms with Crippen LogP contribution in [0.1, 0.15) is 9.67 Å². The van der Waals surface area contributed by atoms with Gasteiger partial charge in [-0.3, -0.25) is 0 Å². The first-order valence-electron chi connectivity index (χ1n) is 2.07.